The van der Waals surface area contributed by atoms with E-state index < -0.39 is 0 Å². The highest BCUT2D eigenvalue weighted by atomic mass is 35.5. The number of hydrogen-bond acceptors (Lipinski definition) is 2. The molecule has 4 heteroatoms. The topological polar surface area (TPSA) is 32.3 Å². The van der Waals surface area contributed by atoms with Gasteiger partial charge in [0.15, 0.2) is 0 Å². The Bertz CT molecular complexity index is 396. The summed E-state index contributed by atoms with van der Waals surface area (Å²) < 4.78 is 0. The second-order valence-electron chi connectivity index (χ2n) is 4.89. The molecule has 1 aromatic carbocycles. The first kappa shape index (κ1) is 13.4. The molecule has 2 atom stereocenters. The van der Waals surface area contributed by atoms with Crippen LogP contribution in [-0.4, -0.2) is 35.8 Å². The number of alkyl halides is 1. The van der Waals surface area contributed by atoms with E-state index in [4.69, 9.17) is 11.6 Å². The van der Waals surface area contributed by atoms with Gasteiger partial charge in [-0.3, -0.25) is 9.69 Å². The third kappa shape index (κ3) is 3.72. The first-order valence-corrected chi connectivity index (χ1v) is 6.73. The molecule has 3 nitrogen and oxygen atoms in total. The molecule has 1 amide bonds. The van der Waals surface area contributed by atoms with Gasteiger partial charge in [0.2, 0.25) is 5.91 Å². The zero-order chi connectivity index (χ0) is 13.0. The number of halogens is 1. The predicted molar refractivity (Wildman–Crippen MR) is 73.5 cm³/mol. The number of carbonyl (C=O) groups is 1. The smallest absolute Gasteiger partial charge is 0.216 e. The summed E-state index contributed by atoms with van der Waals surface area (Å²) in [6.07, 6.45) is 0. The second kappa shape index (κ2) is 6.21. The Labute approximate surface area is 113 Å². The van der Waals surface area contributed by atoms with E-state index in [1.807, 2.05) is 6.07 Å². The molecule has 1 aliphatic rings. The minimum Gasteiger partial charge on any atom is -0.356 e. The Morgan fingerprint density at radius 3 is 2.78 bits per heavy atom. The minimum absolute atomic E-state index is 0.0142. The van der Waals surface area contributed by atoms with Gasteiger partial charge in [0, 0.05) is 39.0 Å². The van der Waals surface area contributed by atoms with Gasteiger partial charge in [0.05, 0.1) is 5.38 Å². The Kier molecular flexibility index (Phi) is 4.61. The number of nitrogens with one attached hydrogen (secondary N) is 1. The molecular weight excluding hydrogens is 248 g/mol. The van der Waals surface area contributed by atoms with Crippen LogP contribution in [0, 0.1) is 5.92 Å². The van der Waals surface area contributed by atoms with Crippen molar-refractivity contribution >= 4 is 17.5 Å². The van der Waals surface area contributed by atoms with Crippen LogP contribution in [0.5, 0.6) is 0 Å². The molecule has 0 aliphatic carbocycles. The van der Waals surface area contributed by atoms with Gasteiger partial charge in [0.25, 0.3) is 0 Å². The van der Waals surface area contributed by atoms with Gasteiger partial charge >= 0.3 is 0 Å². The number of likely N-dealkylation sites (tertiary alicyclic amines) is 1. The molecule has 1 saturated heterocycles. The molecule has 1 heterocycles. The zero-order valence-electron chi connectivity index (χ0n) is 10.6. The Balaban J connectivity index is 1.84. The van der Waals surface area contributed by atoms with E-state index in [0.29, 0.717) is 12.5 Å². The van der Waals surface area contributed by atoms with Crippen LogP contribution in [0.3, 0.4) is 0 Å². The molecule has 0 saturated carbocycles. The molecule has 0 unspecified atom stereocenters. The lowest BCUT2D eigenvalue weighted by Crippen LogP contribution is -2.31. The van der Waals surface area contributed by atoms with Crippen LogP contribution in [0.1, 0.15) is 12.5 Å². The number of hydrogen-bond donors (Lipinski definition) is 1. The molecule has 18 heavy (non-hydrogen) atoms. The molecule has 0 aromatic heterocycles. The van der Waals surface area contributed by atoms with E-state index in [1.165, 1.54) is 5.56 Å². The average molecular weight is 267 g/mol. The van der Waals surface area contributed by atoms with E-state index in [1.54, 1.807) is 6.92 Å². The Morgan fingerprint density at radius 1 is 1.39 bits per heavy atom. The SMILES string of the molecule is CC(=O)NC[C@@H]1CN(Cc2ccccc2)C[C@H]1Cl. The van der Waals surface area contributed by atoms with E-state index in [0.717, 1.165) is 19.6 Å². The predicted octanol–water partition coefficient (Wildman–Crippen LogP) is 1.86. The summed E-state index contributed by atoms with van der Waals surface area (Å²) in [6, 6.07) is 10.4. The molecule has 1 aromatic rings. The van der Waals surface area contributed by atoms with Crippen LogP contribution in [0.15, 0.2) is 30.3 Å². The highest BCUT2D eigenvalue weighted by molar-refractivity contribution is 6.21. The van der Waals surface area contributed by atoms with E-state index in [-0.39, 0.29) is 11.3 Å². The number of nitrogens with zero attached hydrogens (tertiary/aromatic N) is 1. The number of carbonyl (C=O) groups excluding carboxylic acids is 1. The molecule has 0 bridgehead atoms. The summed E-state index contributed by atoms with van der Waals surface area (Å²) in [5, 5.41) is 2.98. The van der Waals surface area contributed by atoms with Crippen LogP contribution in [0.25, 0.3) is 0 Å². The van der Waals surface area contributed by atoms with Crippen molar-refractivity contribution in [3.8, 4) is 0 Å². The van der Waals surface area contributed by atoms with Gasteiger partial charge in [-0.05, 0) is 5.56 Å². The normalized spacial score (nSPS) is 24.1. The van der Waals surface area contributed by atoms with E-state index in [9.17, 15) is 4.79 Å². The van der Waals surface area contributed by atoms with Crippen molar-refractivity contribution < 1.29 is 4.79 Å². The molecule has 1 N–H and O–H groups in total. The zero-order valence-corrected chi connectivity index (χ0v) is 11.4. The highest BCUT2D eigenvalue weighted by Gasteiger charge is 2.31. The number of benzene rings is 1. The number of amides is 1. The lowest BCUT2D eigenvalue weighted by molar-refractivity contribution is -0.119. The van der Waals surface area contributed by atoms with Crippen molar-refractivity contribution in [2.24, 2.45) is 5.92 Å². The fourth-order valence-corrected chi connectivity index (χ4v) is 2.72. The molecule has 0 spiro atoms. The lowest BCUT2D eigenvalue weighted by atomic mass is 10.1. The van der Waals surface area contributed by atoms with Crippen molar-refractivity contribution in [2.75, 3.05) is 19.6 Å². The molecule has 0 radical (unpaired) electrons. The van der Waals surface area contributed by atoms with Crippen molar-refractivity contribution in [3.63, 3.8) is 0 Å². The lowest BCUT2D eigenvalue weighted by Gasteiger charge is -2.15. The van der Waals surface area contributed by atoms with Gasteiger partial charge in [-0.25, -0.2) is 0 Å². The van der Waals surface area contributed by atoms with Crippen LogP contribution in [0.2, 0.25) is 0 Å². The Hall–Kier alpha value is -1.06. The summed E-state index contributed by atoms with van der Waals surface area (Å²) >= 11 is 6.33. The first-order valence-electron chi connectivity index (χ1n) is 6.30. The second-order valence-corrected chi connectivity index (χ2v) is 5.45. The minimum atomic E-state index is 0.0142. The maximum absolute atomic E-state index is 10.9. The van der Waals surface area contributed by atoms with Crippen molar-refractivity contribution in [1.82, 2.24) is 10.2 Å². The third-order valence-corrected chi connectivity index (χ3v) is 3.79. The average Bonchev–Trinajstić information content (AvgIpc) is 2.68. The van der Waals surface area contributed by atoms with E-state index >= 15 is 0 Å². The summed E-state index contributed by atoms with van der Waals surface area (Å²) in [4.78, 5) is 13.3. The monoisotopic (exact) mass is 266 g/mol. The fourth-order valence-electron chi connectivity index (χ4n) is 2.35. The summed E-state index contributed by atoms with van der Waals surface area (Å²) in [5.41, 5.74) is 1.31. The highest BCUT2D eigenvalue weighted by Crippen LogP contribution is 2.23. The van der Waals surface area contributed by atoms with Gasteiger partial charge in [0.1, 0.15) is 0 Å². The van der Waals surface area contributed by atoms with Crippen molar-refractivity contribution in [2.45, 2.75) is 18.8 Å². The van der Waals surface area contributed by atoms with Crippen molar-refractivity contribution in [3.05, 3.63) is 35.9 Å². The standard InChI is InChI=1S/C14H19ClN2O/c1-11(18)16-7-13-9-17(10-14(13)15)8-12-5-3-2-4-6-12/h2-6,13-14H,7-10H2,1H3,(H,16,18)/t13-,14-/m1/s1. The van der Waals surface area contributed by atoms with Gasteiger partial charge in [-0.2, -0.15) is 0 Å². The quantitative estimate of drug-likeness (QED) is 0.844. The largest absolute Gasteiger partial charge is 0.356 e. The first-order chi connectivity index (χ1) is 8.65. The van der Waals surface area contributed by atoms with Crippen LogP contribution in [-0.2, 0) is 11.3 Å². The summed E-state index contributed by atoms with van der Waals surface area (Å²) in [6.45, 7) is 4.99. The van der Waals surface area contributed by atoms with Crippen LogP contribution >= 0.6 is 11.6 Å². The maximum atomic E-state index is 10.9. The summed E-state index contributed by atoms with van der Waals surface area (Å²) in [5.74, 6) is 0.361. The molecular formula is C14H19ClN2O. The van der Waals surface area contributed by atoms with Crippen LogP contribution < -0.4 is 5.32 Å². The molecule has 98 valence electrons. The molecule has 1 fully saturated rings. The molecule has 2 rings (SSSR count). The van der Waals surface area contributed by atoms with E-state index in [2.05, 4.69) is 34.5 Å². The fraction of sp³-hybridized carbons (Fsp3) is 0.500. The number of rotatable bonds is 4. The van der Waals surface area contributed by atoms with Crippen molar-refractivity contribution in [1.29, 1.82) is 0 Å². The molecule has 1 aliphatic heterocycles. The van der Waals surface area contributed by atoms with Crippen LogP contribution in [0.4, 0.5) is 0 Å². The Morgan fingerprint density at radius 2 is 2.11 bits per heavy atom. The third-order valence-electron chi connectivity index (χ3n) is 3.30. The van der Waals surface area contributed by atoms with Gasteiger partial charge in [-0.15, -0.1) is 11.6 Å². The maximum Gasteiger partial charge on any atom is 0.216 e. The van der Waals surface area contributed by atoms with Gasteiger partial charge in [-0.1, -0.05) is 30.3 Å². The van der Waals surface area contributed by atoms with Gasteiger partial charge < -0.3 is 5.32 Å². The summed E-state index contributed by atoms with van der Waals surface area (Å²) in [7, 11) is 0.